The summed E-state index contributed by atoms with van der Waals surface area (Å²) in [7, 11) is 0. The molecule has 92 valence electrons. The maximum atomic E-state index is 7.71. The molecule has 3 N–H and O–H groups in total. The molecule has 0 radical (unpaired) electrons. The Balaban J connectivity index is 2.47. The van der Waals surface area contributed by atoms with Crippen LogP contribution in [0.5, 0.6) is 0 Å². The molecule has 1 atom stereocenters. The van der Waals surface area contributed by atoms with Gasteiger partial charge >= 0.3 is 0 Å². The Morgan fingerprint density at radius 1 is 1.53 bits per heavy atom. The molecule has 17 heavy (non-hydrogen) atoms. The summed E-state index contributed by atoms with van der Waals surface area (Å²) in [5.41, 5.74) is 8.51. The summed E-state index contributed by atoms with van der Waals surface area (Å²) in [5, 5.41) is 7.71. The van der Waals surface area contributed by atoms with E-state index < -0.39 is 0 Å². The van der Waals surface area contributed by atoms with Crippen LogP contribution in [0.4, 0.5) is 5.82 Å². The van der Waals surface area contributed by atoms with Crippen LogP contribution in [0, 0.1) is 25.2 Å². The molecule has 2 heterocycles. The Bertz CT molecular complexity index is 453. The van der Waals surface area contributed by atoms with Gasteiger partial charge in [-0.15, -0.1) is 0 Å². The normalized spacial score (nSPS) is 19.7. The average molecular weight is 232 g/mol. The first-order valence-electron chi connectivity index (χ1n) is 6.06. The van der Waals surface area contributed by atoms with Gasteiger partial charge in [-0.2, -0.15) is 0 Å². The highest BCUT2D eigenvalue weighted by Crippen LogP contribution is 2.27. The summed E-state index contributed by atoms with van der Waals surface area (Å²) in [5.74, 6) is 1.70. The van der Waals surface area contributed by atoms with Gasteiger partial charge in [0.1, 0.15) is 11.7 Å². The molecule has 0 amide bonds. The van der Waals surface area contributed by atoms with Crippen molar-refractivity contribution in [3.05, 3.63) is 22.9 Å². The SMILES string of the molecule is Cc1cc(C)c(C(=N)N)c(N2CCC(C)C2)n1. The summed E-state index contributed by atoms with van der Waals surface area (Å²) in [6.07, 6.45) is 1.19. The zero-order valence-corrected chi connectivity index (χ0v) is 10.7. The minimum atomic E-state index is 0.115. The fraction of sp³-hybridized carbons (Fsp3) is 0.538. The van der Waals surface area contributed by atoms with Crippen molar-refractivity contribution in [2.45, 2.75) is 27.2 Å². The molecule has 0 spiro atoms. The number of nitrogens with zero attached hydrogens (tertiary/aromatic N) is 2. The molecule has 0 bridgehead atoms. The molecule has 0 aromatic carbocycles. The number of anilines is 1. The molecule has 2 rings (SSSR count). The highest BCUT2D eigenvalue weighted by molar-refractivity contribution is 6.01. The number of aromatic nitrogens is 1. The van der Waals surface area contributed by atoms with Gasteiger partial charge < -0.3 is 10.6 Å². The molecule has 1 aliphatic heterocycles. The number of nitrogens with one attached hydrogen (secondary N) is 1. The monoisotopic (exact) mass is 232 g/mol. The fourth-order valence-electron chi connectivity index (χ4n) is 2.51. The molecule has 1 aliphatic rings. The number of nitrogens with two attached hydrogens (primary N) is 1. The van der Waals surface area contributed by atoms with Crippen molar-refractivity contribution in [1.29, 1.82) is 5.41 Å². The number of hydrogen-bond donors (Lipinski definition) is 2. The minimum absolute atomic E-state index is 0.115. The third-order valence-corrected chi connectivity index (χ3v) is 3.32. The molecule has 1 unspecified atom stereocenters. The lowest BCUT2D eigenvalue weighted by atomic mass is 10.1. The first kappa shape index (κ1) is 11.9. The van der Waals surface area contributed by atoms with E-state index in [1.54, 1.807) is 0 Å². The lowest BCUT2D eigenvalue weighted by molar-refractivity contribution is 0.658. The van der Waals surface area contributed by atoms with Gasteiger partial charge in [-0.25, -0.2) is 4.98 Å². The van der Waals surface area contributed by atoms with Gasteiger partial charge in [-0.3, -0.25) is 5.41 Å². The first-order chi connectivity index (χ1) is 7.99. The van der Waals surface area contributed by atoms with Crippen molar-refractivity contribution in [3.63, 3.8) is 0 Å². The van der Waals surface area contributed by atoms with Crippen LogP contribution < -0.4 is 10.6 Å². The summed E-state index contributed by atoms with van der Waals surface area (Å²) in [6.45, 7) is 8.25. The maximum absolute atomic E-state index is 7.71. The highest BCUT2D eigenvalue weighted by Gasteiger charge is 2.24. The largest absolute Gasteiger partial charge is 0.384 e. The predicted octanol–water partition coefficient (Wildman–Crippen LogP) is 1.83. The molecule has 0 aliphatic carbocycles. The van der Waals surface area contributed by atoms with E-state index in [1.807, 2.05) is 19.9 Å². The second-order valence-corrected chi connectivity index (χ2v) is 5.03. The zero-order valence-electron chi connectivity index (χ0n) is 10.7. The Morgan fingerprint density at radius 2 is 2.24 bits per heavy atom. The van der Waals surface area contributed by atoms with E-state index in [2.05, 4.69) is 16.8 Å². The van der Waals surface area contributed by atoms with Gasteiger partial charge in [0.2, 0.25) is 0 Å². The molecule has 1 aromatic heterocycles. The van der Waals surface area contributed by atoms with Crippen molar-refractivity contribution in [2.24, 2.45) is 11.7 Å². The third-order valence-electron chi connectivity index (χ3n) is 3.32. The average Bonchev–Trinajstić information content (AvgIpc) is 2.62. The summed E-state index contributed by atoms with van der Waals surface area (Å²) in [4.78, 5) is 6.83. The smallest absolute Gasteiger partial charge is 0.140 e. The van der Waals surface area contributed by atoms with Crippen LogP contribution in [0.15, 0.2) is 6.07 Å². The second kappa shape index (κ2) is 4.35. The summed E-state index contributed by atoms with van der Waals surface area (Å²) in [6, 6.07) is 1.99. The van der Waals surface area contributed by atoms with Crippen LogP contribution in [-0.2, 0) is 0 Å². The predicted molar refractivity (Wildman–Crippen MR) is 70.7 cm³/mol. The molecular weight excluding hydrogens is 212 g/mol. The highest BCUT2D eigenvalue weighted by atomic mass is 15.2. The standard InChI is InChI=1S/C13H20N4/c1-8-4-5-17(7-8)13-11(12(14)15)9(2)6-10(3)16-13/h6,8H,4-5,7H2,1-3H3,(H3,14,15). The minimum Gasteiger partial charge on any atom is -0.384 e. The van der Waals surface area contributed by atoms with E-state index in [1.165, 1.54) is 6.42 Å². The molecule has 0 saturated carbocycles. The quantitative estimate of drug-likeness (QED) is 0.604. The Labute approximate surface area is 102 Å². The second-order valence-electron chi connectivity index (χ2n) is 5.03. The van der Waals surface area contributed by atoms with Crippen LogP contribution in [0.25, 0.3) is 0 Å². The van der Waals surface area contributed by atoms with E-state index in [9.17, 15) is 0 Å². The Kier molecular flexibility index (Phi) is 3.05. The molecule has 1 fully saturated rings. The molecular formula is C13H20N4. The number of hydrogen-bond acceptors (Lipinski definition) is 3. The number of amidine groups is 1. The van der Waals surface area contributed by atoms with Crippen LogP contribution in [-0.4, -0.2) is 23.9 Å². The molecule has 4 nitrogen and oxygen atoms in total. The summed E-state index contributed by atoms with van der Waals surface area (Å²) < 4.78 is 0. The van der Waals surface area contributed by atoms with Crippen molar-refractivity contribution < 1.29 is 0 Å². The Morgan fingerprint density at radius 3 is 2.76 bits per heavy atom. The van der Waals surface area contributed by atoms with E-state index >= 15 is 0 Å². The first-order valence-corrected chi connectivity index (χ1v) is 6.06. The van der Waals surface area contributed by atoms with Crippen molar-refractivity contribution in [3.8, 4) is 0 Å². The van der Waals surface area contributed by atoms with Crippen LogP contribution in [0.1, 0.15) is 30.2 Å². The van der Waals surface area contributed by atoms with Gasteiger partial charge in [0.15, 0.2) is 0 Å². The zero-order chi connectivity index (χ0) is 12.6. The van der Waals surface area contributed by atoms with Gasteiger partial charge in [0.05, 0.1) is 5.56 Å². The maximum Gasteiger partial charge on any atom is 0.140 e. The summed E-state index contributed by atoms with van der Waals surface area (Å²) >= 11 is 0. The van der Waals surface area contributed by atoms with E-state index in [4.69, 9.17) is 11.1 Å². The van der Waals surface area contributed by atoms with Gasteiger partial charge in [-0.1, -0.05) is 6.92 Å². The number of pyridine rings is 1. The van der Waals surface area contributed by atoms with Crippen LogP contribution in [0.2, 0.25) is 0 Å². The van der Waals surface area contributed by atoms with E-state index in [0.717, 1.165) is 35.7 Å². The number of nitrogen functional groups attached to an aromatic ring is 1. The lowest BCUT2D eigenvalue weighted by Crippen LogP contribution is -2.26. The van der Waals surface area contributed by atoms with Crippen LogP contribution in [0.3, 0.4) is 0 Å². The molecule has 4 heteroatoms. The van der Waals surface area contributed by atoms with Crippen molar-refractivity contribution in [1.82, 2.24) is 4.98 Å². The number of rotatable bonds is 2. The molecule has 1 aromatic rings. The lowest BCUT2D eigenvalue weighted by Gasteiger charge is -2.22. The van der Waals surface area contributed by atoms with Crippen LogP contribution >= 0.6 is 0 Å². The Hall–Kier alpha value is -1.58. The molecule has 1 saturated heterocycles. The third kappa shape index (κ3) is 2.25. The van der Waals surface area contributed by atoms with Gasteiger partial charge in [-0.05, 0) is 37.8 Å². The number of aryl methyl sites for hydroxylation is 2. The van der Waals surface area contributed by atoms with Gasteiger partial charge in [0.25, 0.3) is 0 Å². The van der Waals surface area contributed by atoms with Crippen molar-refractivity contribution in [2.75, 3.05) is 18.0 Å². The van der Waals surface area contributed by atoms with Gasteiger partial charge in [0, 0.05) is 18.8 Å². The van der Waals surface area contributed by atoms with E-state index in [0.29, 0.717) is 5.92 Å². The van der Waals surface area contributed by atoms with E-state index in [-0.39, 0.29) is 5.84 Å². The van der Waals surface area contributed by atoms with Crippen molar-refractivity contribution >= 4 is 11.7 Å². The fourth-order valence-corrected chi connectivity index (χ4v) is 2.51. The topological polar surface area (TPSA) is 66.0 Å².